The van der Waals surface area contributed by atoms with Gasteiger partial charge in [-0.25, -0.2) is 14.7 Å². The number of nitrogens with zero attached hydrogens (tertiary/aromatic N) is 6. The number of hydrogen-bond donors (Lipinski definition) is 0. The first-order valence-electron chi connectivity index (χ1n) is 10.2. The standard InChI is InChI=1S/C24H24N6O2/c1-4-18(15-23(25-2)32-13-12-31-3)21-9-10-22-24(27-21)30(29-28-22)16-17-7-8-20-19(14-17)6-5-11-26-20/h4-11,14-15H,2,12-13,16H2,1,3H3/b18-4+,23-15+. The first-order valence-corrected chi connectivity index (χ1v) is 10.2. The van der Waals surface area contributed by atoms with Gasteiger partial charge in [0.15, 0.2) is 5.65 Å². The van der Waals surface area contributed by atoms with Crippen molar-refractivity contribution in [3.63, 3.8) is 0 Å². The molecule has 8 nitrogen and oxygen atoms in total. The van der Waals surface area contributed by atoms with Gasteiger partial charge in [0.05, 0.1) is 24.4 Å². The smallest absolute Gasteiger partial charge is 0.213 e. The fraction of sp³-hybridized carbons (Fsp3) is 0.208. The van der Waals surface area contributed by atoms with Crippen LogP contribution in [0, 0.1) is 0 Å². The monoisotopic (exact) mass is 428 g/mol. The molecule has 3 aromatic heterocycles. The van der Waals surface area contributed by atoms with Crippen LogP contribution in [-0.4, -0.2) is 52.0 Å². The Morgan fingerprint density at radius 2 is 2.03 bits per heavy atom. The minimum absolute atomic E-state index is 0.392. The van der Waals surface area contributed by atoms with Gasteiger partial charge in [-0.15, -0.1) is 5.10 Å². The van der Waals surface area contributed by atoms with Gasteiger partial charge < -0.3 is 9.47 Å². The van der Waals surface area contributed by atoms with Crippen LogP contribution in [0.3, 0.4) is 0 Å². The average Bonchev–Trinajstić information content (AvgIpc) is 3.23. The maximum Gasteiger partial charge on any atom is 0.213 e. The van der Waals surface area contributed by atoms with Crippen molar-refractivity contribution in [1.82, 2.24) is 25.0 Å². The van der Waals surface area contributed by atoms with Gasteiger partial charge in [-0.2, -0.15) is 0 Å². The van der Waals surface area contributed by atoms with E-state index in [1.807, 2.05) is 49.4 Å². The number of aliphatic imine (C=N–C) groups is 1. The van der Waals surface area contributed by atoms with E-state index in [4.69, 9.17) is 14.5 Å². The molecule has 0 fully saturated rings. The normalized spacial score (nSPS) is 12.4. The Balaban J connectivity index is 1.63. The number of fused-ring (bicyclic) bond motifs is 2. The molecular formula is C24H24N6O2. The summed E-state index contributed by atoms with van der Waals surface area (Å²) in [5.74, 6) is 0.411. The molecule has 0 bridgehead atoms. The summed E-state index contributed by atoms with van der Waals surface area (Å²) in [5, 5.41) is 9.66. The summed E-state index contributed by atoms with van der Waals surface area (Å²) in [5.41, 5.74) is 5.12. The molecule has 0 N–H and O–H groups in total. The summed E-state index contributed by atoms with van der Waals surface area (Å²) >= 11 is 0. The third kappa shape index (κ3) is 4.70. The van der Waals surface area contributed by atoms with Crippen LogP contribution in [0.5, 0.6) is 0 Å². The molecule has 3 heterocycles. The van der Waals surface area contributed by atoms with Gasteiger partial charge in [-0.1, -0.05) is 23.4 Å². The second-order valence-corrected chi connectivity index (χ2v) is 7.04. The number of ether oxygens (including phenoxy) is 2. The van der Waals surface area contributed by atoms with Crippen LogP contribution >= 0.6 is 0 Å². The van der Waals surface area contributed by atoms with Gasteiger partial charge in [0.2, 0.25) is 5.88 Å². The Labute approximate surface area is 185 Å². The van der Waals surface area contributed by atoms with E-state index in [1.165, 1.54) is 0 Å². The largest absolute Gasteiger partial charge is 0.475 e. The van der Waals surface area contributed by atoms with E-state index in [2.05, 4.69) is 33.1 Å². The van der Waals surface area contributed by atoms with Crippen LogP contribution in [0.1, 0.15) is 18.2 Å². The van der Waals surface area contributed by atoms with Crippen molar-refractivity contribution < 1.29 is 9.47 Å². The summed E-state index contributed by atoms with van der Waals surface area (Å²) in [6, 6.07) is 14.0. The molecule has 0 unspecified atom stereocenters. The van der Waals surface area contributed by atoms with Crippen molar-refractivity contribution in [3.05, 3.63) is 78.0 Å². The molecule has 0 radical (unpaired) electrons. The molecule has 4 aromatic rings. The molecule has 8 heteroatoms. The predicted molar refractivity (Wildman–Crippen MR) is 125 cm³/mol. The Morgan fingerprint density at radius 3 is 2.84 bits per heavy atom. The third-order valence-corrected chi connectivity index (χ3v) is 4.94. The Hall–Kier alpha value is -3.91. The minimum Gasteiger partial charge on any atom is -0.475 e. The lowest BCUT2D eigenvalue weighted by molar-refractivity contribution is 0.109. The molecule has 0 aliphatic rings. The topological polar surface area (TPSA) is 87.3 Å². The first-order chi connectivity index (χ1) is 15.7. The van der Waals surface area contributed by atoms with E-state index in [9.17, 15) is 0 Å². The zero-order chi connectivity index (χ0) is 22.3. The van der Waals surface area contributed by atoms with Gasteiger partial charge in [-0.05, 0) is 49.5 Å². The fourth-order valence-electron chi connectivity index (χ4n) is 3.32. The summed E-state index contributed by atoms with van der Waals surface area (Å²) in [7, 11) is 1.62. The number of hydrogen-bond acceptors (Lipinski definition) is 7. The third-order valence-electron chi connectivity index (χ3n) is 4.94. The molecular weight excluding hydrogens is 404 g/mol. The number of allylic oxidation sites excluding steroid dienone is 3. The van der Waals surface area contributed by atoms with Crippen molar-refractivity contribution in [2.45, 2.75) is 13.5 Å². The highest BCUT2D eigenvalue weighted by Crippen LogP contribution is 2.21. The molecule has 0 saturated heterocycles. The van der Waals surface area contributed by atoms with Gasteiger partial charge in [0.1, 0.15) is 12.1 Å². The van der Waals surface area contributed by atoms with Gasteiger partial charge >= 0.3 is 0 Å². The molecule has 4 rings (SSSR count). The second-order valence-electron chi connectivity index (χ2n) is 7.04. The van der Waals surface area contributed by atoms with Crippen LogP contribution in [0.15, 0.2) is 71.7 Å². The highest BCUT2D eigenvalue weighted by molar-refractivity contribution is 5.80. The van der Waals surface area contributed by atoms with Crippen molar-refractivity contribution in [2.75, 3.05) is 20.3 Å². The molecule has 0 aliphatic heterocycles. The first kappa shape index (κ1) is 21.3. The second kappa shape index (κ2) is 9.93. The lowest BCUT2D eigenvalue weighted by atomic mass is 10.1. The van der Waals surface area contributed by atoms with Gasteiger partial charge in [-0.3, -0.25) is 4.98 Å². The molecule has 0 amide bonds. The van der Waals surface area contributed by atoms with Gasteiger partial charge in [0, 0.05) is 30.3 Å². The molecule has 0 spiro atoms. The zero-order valence-electron chi connectivity index (χ0n) is 18.1. The van der Waals surface area contributed by atoms with Crippen LogP contribution in [-0.2, 0) is 16.0 Å². The molecule has 162 valence electrons. The van der Waals surface area contributed by atoms with Crippen LogP contribution in [0.4, 0.5) is 0 Å². The number of pyridine rings is 2. The summed E-state index contributed by atoms with van der Waals surface area (Å²) in [4.78, 5) is 13.1. The lowest BCUT2D eigenvalue weighted by Crippen LogP contribution is -2.04. The molecule has 0 atom stereocenters. The highest BCUT2D eigenvalue weighted by atomic mass is 16.5. The summed E-state index contributed by atoms with van der Waals surface area (Å²) in [6.07, 6.45) is 5.55. The summed E-state index contributed by atoms with van der Waals surface area (Å²) < 4.78 is 12.4. The molecule has 0 aliphatic carbocycles. The van der Waals surface area contributed by atoms with E-state index < -0.39 is 0 Å². The fourth-order valence-corrected chi connectivity index (χ4v) is 3.32. The van der Waals surface area contributed by atoms with Gasteiger partial charge in [0.25, 0.3) is 0 Å². The minimum atomic E-state index is 0.392. The lowest BCUT2D eigenvalue weighted by Gasteiger charge is -2.08. The number of aromatic nitrogens is 5. The van der Waals surface area contributed by atoms with Crippen molar-refractivity contribution in [3.8, 4) is 0 Å². The Morgan fingerprint density at radius 1 is 1.16 bits per heavy atom. The molecule has 0 saturated carbocycles. The maximum absolute atomic E-state index is 5.60. The van der Waals surface area contributed by atoms with E-state index >= 15 is 0 Å². The van der Waals surface area contributed by atoms with E-state index in [1.54, 1.807) is 24.1 Å². The molecule has 1 aromatic carbocycles. The predicted octanol–water partition coefficient (Wildman–Crippen LogP) is 4.03. The number of methoxy groups -OCH3 is 1. The summed E-state index contributed by atoms with van der Waals surface area (Å²) in [6.45, 7) is 6.94. The van der Waals surface area contributed by atoms with Crippen molar-refractivity contribution >= 4 is 34.4 Å². The Bertz CT molecular complexity index is 1310. The van der Waals surface area contributed by atoms with Crippen LogP contribution < -0.4 is 0 Å². The van der Waals surface area contributed by atoms with E-state index in [0.29, 0.717) is 31.3 Å². The van der Waals surface area contributed by atoms with Crippen molar-refractivity contribution in [1.29, 1.82) is 0 Å². The SMILES string of the molecule is C=N/C(=C\C(=C/C)c1ccc2nnn(Cc3ccc4ncccc4c3)c2n1)OCCOC. The quantitative estimate of drug-likeness (QED) is 0.173. The van der Waals surface area contributed by atoms with Crippen LogP contribution in [0.2, 0.25) is 0 Å². The number of benzene rings is 1. The zero-order valence-corrected chi connectivity index (χ0v) is 18.1. The molecule has 32 heavy (non-hydrogen) atoms. The Kier molecular flexibility index (Phi) is 6.62. The van der Waals surface area contributed by atoms with E-state index in [-0.39, 0.29) is 0 Å². The maximum atomic E-state index is 5.60. The van der Waals surface area contributed by atoms with Crippen molar-refractivity contribution in [2.24, 2.45) is 4.99 Å². The van der Waals surface area contributed by atoms with E-state index in [0.717, 1.165) is 33.3 Å². The van der Waals surface area contributed by atoms with Crippen LogP contribution in [0.25, 0.3) is 27.6 Å². The number of rotatable bonds is 9. The highest BCUT2D eigenvalue weighted by Gasteiger charge is 2.11. The average molecular weight is 428 g/mol.